The lowest BCUT2D eigenvalue weighted by Crippen LogP contribution is -2.37. The lowest BCUT2D eigenvalue weighted by molar-refractivity contribution is -0.149. The number of ether oxygens (including phenoxy) is 4. The van der Waals surface area contributed by atoms with Gasteiger partial charge in [0.25, 0.3) is 10.0 Å². The van der Waals surface area contributed by atoms with E-state index in [1.165, 1.54) is 14.2 Å². The molecule has 0 heterocycles. The van der Waals surface area contributed by atoms with Gasteiger partial charge in [-0.1, -0.05) is 54.1 Å². The smallest absolute Gasteiger partial charge is 0.351 e. The second-order valence-corrected chi connectivity index (χ2v) is 11.8. The molecule has 0 amide bonds. The average molecular weight is 606 g/mol. The molecule has 9 nitrogen and oxygen atoms in total. The number of benzene rings is 4. The number of rotatable bonds is 11. The molecule has 0 fully saturated rings. The molecule has 1 unspecified atom stereocenters. The molecule has 0 bridgehead atoms. The standard InChI is InChI=1S/C33H35NO8S/c1-7-41-25-14-12-24(13-15-25)31(33(36)40-6)42-29-17-16-28(26-10-8-9-11-27(26)29)34(20-30(35)39-5)43(37,38)32-22(3)18-21(2)19-23(32)4/h8-19,31H,7,20H2,1-6H3. The van der Waals surface area contributed by atoms with Gasteiger partial charge in [0, 0.05) is 16.3 Å². The van der Waals surface area contributed by atoms with Crippen LogP contribution in [0.2, 0.25) is 0 Å². The minimum absolute atomic E-state index is 0.118. The summed E-state index contributed by atoms with van der Waals surface area (Å²) < 4.78 is 51.2. The zero-order chi connectivity index (χ0) is 31.3. The highest BCUT2D eigenvalue weighted by molar-refractivity contribution is 7.93. The van der Waals surface area contributed by atoms with E-state index in [0.29, 0.717) is 45.6 Å². The fourth-order valence-electron chi connectivity index (χ4n) is 5.13. The summed E-state index contributed by atoms with van der Waals surface area (Å²) in [6.07, 6.45) is -1.11. The van der Waals surface area contributed by atoms with Crippen molar-refractivity contribution in [1.82, 2.24) is 0 Å². The van der Waals surface area contributed by atoms with E-state index in [-0.39, 0.29) is 10.6 Å². The van der Waals surface area contributed by atoms with Gasteiger partial charge in [0.05, 0.1) is 31.4 Å². The number of hydrogen-bond acceptors (Lipinski definition) is 8. The van der Waals surface area contributed by atoms with E-state index in [2.05, 4.69) is 0 Å². The highest BCUT2D eigenvalue weighted by atomic mass is 32.2. The van der Waals surface area contributed by atoms with E-state index in [1.54, 1.807) is 86.6 Å². The molecule has 0 radical (unpaired) electrons. The Labute approximate surface area is 252 Å². The normalized spacial score (nSPS) is 12.0. The van der Waals surface area contributed by atoms with Crippen LogP contribution in [0.5, 0.6) is 11.5 Å². The maximum atomic E-state index is 14.2. The van der Waals surface area contributed by atoms with Gasteiger partial charge in [-0.15, -0.1) is 0 Å². The molecule has 226 valence electrons. The highest BCUT2D eigenvalue weighted by Gasteiger charge is 2.32. The molecular weight excluding hydrogens is 570 g/mol. The van der Waals surface area contributed by atoms with Crippen LogP contribution in [0.1, 0.15) is 35.3 Å². The summed E-state index contributed by atoms with van der Waals surface area (Å²) in [4.78, 5) is 25.5. The lowest BCUT2D eigenvalue weighted by atomic mass is 10.1. The van der Waals surface area contributed by atoms with Crippen LogP contribution in [0.15, 0.2) is 77.7 Å². The van der Waals surface area contributed by atoms with Crippen LogP contribution in [0.25, 0.3) is 10.8 Å². The van der Waals surface area contributed by atoms with Gasteiger partial charge in [-0.2, -0.15) is 0 Å². The van der Waals surface area contributed by atoms with Crippen molar-refractivity contribution in [3.63, 3.8) is 0 Å². The Morgan fingerprint density at radius 1 is 0.837 bits per heavy atom. The van der Waals surface area contributed by atoms with Crippen molar-refractivity contribution < 1.29 is 37.0 Å². The number of sulfonamides is 1. The van der Waals surface area contributed by atoms with Crippen LogP contribution in [0, 0.1) is 20.8 Å². The Balaban J connectivity index is 1.85. The van der Waals surface area contributed by atoms with E-state index in [9.17, 15) is 18.0 Å². The fourth-order valence-corrected chi connectivity index (χ4v) is 6.98. The molecule has 10 heteroatoms. The minimum atomic E-state index is -4.23. The third-order valence-electron chi connectivity index (χ3n) is 6.94. The lowest BCUT2D eigenvalue weighted by Gasteiger charge is -2.27. The molecule has 0 aliphatic heterocycles. The van der Waals surface area contributed by atoms with E-state index in [4.69, 9.17) is 18.9 Å². The predicted octanol–water partition coefficient (Wildman–Crippen LogP) is 5.83. The Hall–Kier alpha value is -4.57. The van der Waals surface area contributed by atoms with E-state index in [1.807, 2.05) is 13.8 Å². The summed E-state index contributed by atoms with van der Waals surface area (Å²) in [6, 6.07) is 20.7. The second kappa shape index (κ2) is 13.2. The molecule has 0 spiro atoms. The number of fused-ring (bicyclic) bond motifs is 1. The fraction of sp³-hybridized carbons (Fsp3) is 0.273. The zero-order valence-electron chi connectivity index (χ0n) is 25.0. The molecule has 0 aromatic heterocycles. The number of aryl methyl sites for hydroxylation is 3. The number of methoxy groups -OCH3 is 2. The maximum Gasteiger partial charge on any atom is 0.351 e. The Bertz CT molecular complexity index is 1730. The molecule has 43 heavy (non-hydrogen) atoms. The van der Waals surface area contributed by atoms with Gasteiger partial charge in [-0.3, -0.25) is 9.10 Å². The third-order valence-corrected chi connectivity index (χ3v) is 9.00. The van der Waals surface area contributed by atoms with Crippen LogP contribution in [-0.2, 0) is 29.1 Å². The molecule has 4 aromatic rings. The first-order valence-electron chi connectivity index (χ1n) is 13.7. The molecule has 0 saturated heterocycles. The third kappa shape index (κ3) is 6.59. The maximum absolute atomic E-state index is 14.2. The molecule has 1 atom stereocenters. The summed E-state index contributed by atoms with van der Waals surface area (Å²) in [5, 5.41) is 1.02. The molecule has 4 aromatic carbocycles. The van der Waals surface area contributed by atoms with Crippen LogP contribution in [0.3, 0.4) is 0 Å². The minimum Gasteiger partial charge on any atom is -0.494 e. The SMILES string of the molecule is CCOc1ccc(C(Oc2ccc(N(CC(=O)OC)S(=O)(=O)c3c(C)cc(C)cc3C)c3ccccc23)C(=O)OC)cc1. The summed E-state index contributed by atoms with van der Waals surface area (Å²) >= 11 is 0. The van der Waals surface area contributed by atoms with Crippen LogP contribution in [-0.4, -0.2) is 47.7 Å². The van der Waals surface area contributed by atoms with Crippen molar-refractivity contribution in [2.75, 3.05) is 31.7 Å². The Kier molecular flexibility index (Phi) is 9.60. The largest absolute Gasteiger partial charge is 0.494 e. The van der Waals surface area contributed by atoms with Gasteiger partial charge in [0.2, 0.25) is 6.10 Å². The van der Waals surface area contributed by atoms with Crippen LogP contribution >= 0.6 is 0 Å². The van der Waals surface area contributed by atoms with E-state index < -0.39 is 34.6 Å². The van der Waals surface area contributed by atoms with Gasteiger partial charge < -0.3 is 18.9 Å². The first-order chi connectivity index (χ1) is 20.5. The highest BCUT2D eigenvalue weighted by Crippen LogP contribution is 2.39. The number of anilines is 1. The summed E-state index contributed by atoms with van der Waals surface area (Å²) in [5.74, 6) is -0.369. The summed E-state index contributed by atoms with van der Waals surface area (Å²) in [7, 11) is -1.74. The van der Waals surface area contributed by atoms with Crippen molar-refractivity contribution in [2.24, 2.45) is 0 Å². The topological polar surface area (TPSA) is 108 Å². The van der Waals surface area contributed by atoms with Crippen molar-refractivity contribution in [1.29, 1.82) is 0 Å². The first-order valence-corrected chi connectivity index (χ1v) is 15.1. The number of carbonyl (C=O) groups excluding carboxylic acids is 2. The van der Waals surface area contributed by atoms with E-state index >= 15 is 0 Å². The average Bonchev–Trinajstić information content (AvgIpc) is 2.98. The van der Waals surface area contributed by atoms with Crippen molar-refractivity contribution in [2.45, 2.75) is 38.7 Å². The van der Waals surface area contributed by atoms with Gasteiger partial charge >= 0.3 is 11.9 Å². The molecule has 0 saturated carbocycles. The molecular formula is C33H35NO8S. The van der Waals surface area contributed by atoms with Gasteiger partial charge in [0.1, 0.15) is 18.0 Å². The van der Waals surface area contributed by atoms with Crippen molar-refractivity contribution in [3.05, 3.63) is 95.1 Å². The van der Waals surface area contributed by atoms with Crippen molar-refractivity contribution in [3.8, 4) is 11.5 Å². The Morgan fingerprint density at radius 2 is 1.47 bits per heavy atom. The van der Waals surface area contributed by atoms with Gasteiger partial charge in [0.15, 0.2) is 0 Å². The van der Waals surface area contributed by atoms with Crippen molar-refractivity contribution >= 4 is 38.4 Å². The number of carbonyl (C=O) groups is 2. The quantitative estimate of drug-likeness (QED) is 0.197. The zero-order valence-corrected chi connectivity index (χ0v) is 25.9. The molecule has 0 aliphatic rings. The monoisotopic (exact) mass is 605 g/mol. The second-order valence-electron chi connectivity index (χ2n) is 9.97. The number of nitrogens with zero attached hydrogens (tertiary/aromatic N) is 1. The Morgan fingerprint density at radius 3 is 2.05 bits per heavy atom. The number of hydrogen-bond donors (Lipinski definition) is 0. The van der Waals surface area contributed by atoms with E-state index in [0.717, 1.165) is 9.87 Å². The first kappa shape index (κ1) is 31.4. The van der Waals surface area contributed by atoms with Gasteiger partial charge in [-0.05, 0) is 63.1 Å². The van der Waals surface area contributed by atoms with Crippen LogP contribution in [0.4, 0.5) is 5.69 Å². The molecule has 4 rings (SSSR count). The van der Waals surface area contributed by atoms with Gasteiger partial charge in [-0.25, -0.2) is 13.2 Å². The number of esters is 2. The summed E-state index contributed by atoms with van der Waals surface area (Å²) in [5.41, 5.74) is 2.85. The van der Waals surface area contributed by atoms with Crippen LogP contribution < -0.4 is 13.8 Å². The molecule has 0 aliphatic carbocycles. The molecule has 0 N–H and O–H groups in total. The summed E-state index contributed by atoms with van der Waals surface area (Å²) in [6.45, 7) is 7.18. The predicted molar refractivity (Wildman–Crippen MR) is 164 cm³/mol.